The number of hydrogen-bond donors (Lipinski definition) is 1. The maximum Gasteiger partial charge on any atom is 0.226 e. The molecule has 3 unspecified atom stereocenters. The minimum absolute atomic E-state index is 0.155. The Kier molecular flexibility index (Phi) is 5.01. The molecule has 0 saturated carbocycles. The number of likely N-dealkylation sites (N-methyl/N-ethyl adjacent to an activating group) is 1. The van der Waals surface area contributed by atoms with Gasteiger partial charge in [0.25, 0.3) is 0 Å². The van der Waals surface area contributed by atoms with Crippen LogP contribution in [0.15, 0.2) is 0 Å². The van der Waals surface area contributed by atoms with Crippen molar-refractivity contribution in [2.75, 3.05) is 33.3 Å². The van der Waals surface area contributed by atoms with Gasteiger partial charge in [-0.25, -0.2) is 0 Å². The standard InChI is InChI=1S/C14H26N2O2/c1-11-7-12(9-15-8-11)14(17)16(2)10-13-5-3-4-6-18-13/h11-13,15H,3-10H2,1-2H3. The summed E-state index contributed by atoms with van der Waals surface area (Å²) in [6, 6.07) is 0. The fraction of sp³-hybridized carbons (Fsp3) is 0.929. The topological polar surface area (TPSA) is 41.6 Å². The van der Waals surface area contributed by atoms with Crippen LogP contribution in [0.25, 0.3) is 0 Å². The first-order valence-corrected chi connectivity index (χ1v) is 7.24. The average molecular weight is 254 g/mol. The quantitative estimate of drug-likeness (QED) is 0.824. The lowest BCUT2D eigenvalue weighted by molar-refractivity contribution is -0.137. The van der Waals surface area contributed by atoms with Crippen molar-refractivity contribution in [3.63, 3.8) is 0 Å². The van der Waals surface area contributed by atoms with Crippen molar-refractivity contribution in [1.29, 1.82) is 0 Å². The SMILES string of the molecule is CC1CNCC(C(=O)N(C)CC2CCCCO2)C1. The van der Waals surface area contributed by atoms with Crippen molar-refractivity contribution in [2.45, 2.75) is 38.7 Å². The van der Waals surface area contributed by atoms with E-state index in [4.69, 9.17) is 4.74 Å². The van der Waals surface area contributed by atoms with Gasteiger partial charge in [0.2, 0.25) is 5.91 Å². The van der Waals surface area contributed by atoms with Crippen molar-refractivity contribution in [3.05, 3.63) is 0 Å². The maximum absolute atomic E-state index is 12.3. The highest BCUT2D eigenvalue weighted by molar-refractivity contribution is 5.79. The van der Waals surface area contributed by atoms with Gasteiger partial charge in [-0.15, -0.1) is 0 Å². The Morgan fingerprint density at radius 1 is 1.39 bits per heavy atom. The second kappa shape index (κ2) is 6.53. The molecule has 0 bridgehead atoms. The fourth-order valence-electron chi connectivity index (χ4n) is 3.00. The van der Waals surface area contributed by atoms with E-state index in [-0.39, 0.29) is 17.9 Å². The molecule has 0 aromatic carbocycles. The molecule has 2 aliphatic heterocycles. The lowest BCUT2D eigenvalue weighted by atomic mass is 9.91. The predicted molar refractivity (Wildman–Crippen MR) is 71.4 cm³/mol. The zero-order valence-corrected chi connectivity index (χ0v) is 11.7. The first-order chi connectivity index (χ1) is 8.66. The van der Waals surface area contributed by atoms with Crippen LogP contribution in [-0.2, 0) is 9.53 Å². The van der Waals surface area contributed by atoms with Crippen molar-refractivity contribution in [2.24, 2.45) is 11.8 Å². The first-order valence-electron chi connectivity index (χ1n) is 7.24. The Labute approximate surface area is 110 Å². The number of ether oxygens (including phenoxy) is 1. The van der Waals surface area contributed by atoms with Gasteiger partial charge in [-0.2, -0.15) is 0 Å². The third-order valence-electron chi connectivity index (χ3n) is 4.05. The predicted octanol–water partition coefficient (Wildman–Crippen LogP) is 1.26. The largest absolute Gasteiger partial charge is 0.376 e. The molecule has 3 atom stereocenters. The second-order valence-corrected chi connectivity index (χ2v) is 5.90. The van der Waals surface area contributed by atoms with E-state index in [0.29, 0.717) is 5.92 Å². The molecule has 0 radical (unpaired) electrons. The number of hydrogen-bond acceptors (Lipinski definition) is 3. The molecule has 0 aliphatic carbocycles. The molecule has 2 aliphatic rings. The van der Waals surface area contributed by atoms with Gasteiger partial charge < -0.3 is 15.0 Å². The maximum atomic E-state index is 12.3. The van der Waals surface area contributed by atoms with Crippen LogP contribution >= 0.6 is 0 Å². The molecule has 2 saturated heterocycles. The minimum atomic E-state index is 0.155. The Hall–Kier alpha value is -0.610. The van der Waals surface area contributed by atoms with E-state index in [1.54, 1.807) is 0 Å². The van der Waals surface area contributed by atoms with Gasteiger partial charge in [-0.3, -0.25) is 4.79 Å². The van der Waals surface area contributed by atoms with Crippen LogP contribution in [0.2, 0.25) is 0 Å². The van der Waals surface area contributed by atoms with Crippen LogP contribution in [0, 0.1) is 11.8 Å². The molecule has 2 heterocycles. The van der Waals surface area contributed by atoms with Gasteiger partial charge in [0, 0.05) is 26.7 Å². The molecule has 2 fully saturated rings. The number of nitrogens with zero attached hydrogens (tertiary/aromatic N) is 1. The molecule has 18 heavy (non-hydrogen) atoms. The van der Waals surface area contributed by atoms with Gasteiger partial charge >= 0.3 is 0 Å². The molecule has 104 valence electrons. The number of nitrogens with one attached hydrogen (secondary N) is 1. The number of carbonyl (C=O) groups is 1. The van der Waals surface area contributed by atoms with Crippen molar-refractivity contribution in [1.82, 2.24) is 10.2 Å². The summed E-state index contributed by atoms with van der Waals surface area (Å²) in [5.74, 6) is 1.04. The molecule has 2 rings (SSSR count). The normalized spacial score (nSPS) is 33.1. The van der Waals surface area contributed by atoms with Gasteiger partial charge in [-0.1, -0.05) is 6.92 Å². The number of amides is 1. The minimum Gasteiger partial charge on any atom is -0.376 e. The Balaban J connectivity index is 1.79. The zero-order valence-electron chi connectivity index (χ0n) is 11.7. The summed E-state index contributed by atoms with van der Waals surface area (Å²) in [6.45, 7) is 5.69. The van der Waals surface area contributed by atoms with Gasteiger partial charge in [0.05, 0.1) is 12.0 Å². The van der Waals surface area contributed by atoms with E-state index in [1.807, 2.05) is 11.9 Å². The van der Waals surface area contributed by atoms with Crippen LogP contribution in [0.1, 0.15) is 32.6 Å². The Morgan fingerprint density at radius 3 is 2.89 bits per heavy atom. The average Bonchev–Trinajstić information content (AvgIpc) is 2.39. The molecule has 0 aromatic heterocycles. The number of carbonyl (C=O) groups excluding carboxylic acids is 1. The Morgan fingerprint density at radius 2 is 2.22 bits per heavy atom. The summed E-state index contributed by atoms with van der Waals surface area (Å²) in [5, 5.41) is 3.35. The van der Waals surface area contributed by atoms with E-state index >= 15 is 0 Å². The summed E-state index contributed by atoms with van der Waals surface area (Å²) in [5.41, 5.74) is 0. The Bertz CT molecular complexity index is 277. The van der Waals surface area contributed by atoms with Gasteiger partial charge in [0.1, 0.15) is 0 Å². The molecule has 0 spiro atoms. The van der Waals surface area contributed by atoms with E-state index in [2.05, 4.69) is 12.2 Å². The van der Waals surface area contributed by atoms with E-state index < -0.39 is 0 Å². The van der Waals surface area contributed by atoms with Crippen LogP contribution in [0.3, 0.4) is 0 Å². The van der Waals surface area contributed by atoms with E-state index in [9.17, 15) is 4.79 Å². The van der Waals surface area contributed by atoms with Crippen LogP contribution in [0.4, 0.5) is 0 Å². The van der Waals surface area contributed by atoms with Crippen molar-refractivity contribution < 1.29 is 9.53 Å². The third kappa shape index (κ3) is 3.69. The smallest absolute Gasteiger partial charge is 0.226 e. The third-order valence-corrected chi connectivity index (χ3v) is 4.05. The van der Waals surface area contributed by atoms with Crippen LogP contribution in [-0.4, -0.2) is 50.2 Å². The van der Waals surface area contributed by atoms with Crippen LogP contribution < -0.4 is 5.32 Å². The summed E-state index contributed by atoms with van der Waals surface area (Å²) in [7, 11) is 1.92. The van der Waals surface area contributed by atoms with Crippen molar-refractivity contribution >= 4 is 5.91 Å². The van der Waals surface area contributed by atoms with Crippen molar-refractivity contribution in [3.8, 4) is 0 Å². The van der Waals surface area contributed by atoms with Gasteiger partial charge in [-0.05, 0) is 38.1 Å². The zero-order chi connectivity index (χ0) is 13.0. The molecular weight excluding hydrogens is 228 g/mol. The van der Waals surface area contributed by atoms with Crippen LogP contribution in [0.5, 0.6) is 0 Å². The molecule has 4 heteroatoms. The lowest BCUT2D eigenvalue weighted by Crippen LogP contribution is -2.46. The second-order valence-electron chi connectivity index (χ2n) is 5.90. The molecule has 1 amide bonds. The summed E-state index contributed by atoms with van der Waals surface area (Å²) < 4.78 is 5.70. The summed E-state index contributed by atoms with van der Waals surface area (Å²) in [6.07, 6.45) is 4.76. The molecule has 4 nitrogen and oxygen atoms in total. The monoisotopic (exact) mass is 254 g/mol. The molecular formula is C14H26N2O2. The number of rotatable bonds is 3. The molecule has 0 aromatic rings. The molecule has 1 N–H and O–H groups in total. The summed E-state index contributed by atoms with van der Waals surface area (Å²) >= 11 is 0. The van der Waals surface area contributed by atoms with E-state index in [1.165, 1.54) is 6.42 Å². The highest BCUT2D eigenvalue weighted by Gasteiger charge is 2.28. The number of piperidine rings is 1. The highest BCUT2D eigenvalue weighted by Crippen LogP contribution is 2.19. The fourth-order valence-corrected chi connectivity index (χ4v) is 3.00. The lowest BCUT2D eigenvalue weighted by Gasteiger charge is -2.32. The van der Waals surface area contributed by atoms with Gasteiger partial charge in [0.15, 0.2) is 0 Å². The van der Waals surface area contributed by atoms with E-state index in [0.717, 1.165) is 45.5 Å². The highest BCUT2D eigenvalue weighted by atomic mass is 16.5. The first kappa shape index (κ1) is 13.8. The summed E-state index contributed by atoms with van der Waals surface area (Å²) in [4.78, 5) is 14.2.